The van der Waals surface area contributed by atoms with Gasteiger partial charge in [-0.25, -0.2) is 0 Å². The van der Waals surface area contributed by atoms with Gasteiger partial charge in [0.2, 0.25) is 0 Å². The summed E-state index contributed by atoms with van der Waals surface area (Å²) in [7, 11) is 0. The molecule has 2 nitrogen and oxygen atoms in total. The van der Waals surface area contributed by atoms with E-state index in [0.29, 0.717) is 0 Å². The summed E-state index contributed by atoms with van der Waals surface area (Å²) in [4.78, 5) is 0. The Morgan fingerprint density at radius 3 is 1.73 bits per heavy atom. The molecule has 0 atom stereocenters. The van der Waals surface area contributed by atoms with Gasteiger partial charge in [0.15, 0.2) is 0 Å². The van der Waals surface area contributed by atoms with Crippen LogP contribution in [0.1, 0.15) is 25.3 Å². The third-order valence-electron chi connectivity index (χ3n) is 11.5. The number of rotatable bonds is 7. The van der Waals surface area contributed by atoms with E-state index >= 15 is 0 Å². The summed E-state index contributed by atoms with van der Waals surface area (Å²) in [5.74, 6) is 0. The topological polar surface area (TPSA) is 9.86 Å². The van der Waals surface area contributed by atoms with Gasteiger partial charge in [0, 0.05) is 47.4 Å². The number of fused-ring (bicyclic) bond motifs is 9. The molecule has 0 N–H and O–H groups in total. The van der Waals surface area contributed by atoms with E-state index in [9.17, 15) is 0 Å². The molecule has 0 fully saturated rings. The Hall–Kier alpha value is -6.42. The van der Waals surface area contributed by atoms with Crippen LogP contribution in [0.2, 0.25) is 0 Å². The average Bonchev–Trinajstić information content (AvgIpc) is 3.90. The predicted molar refractivity (Wildman–Crippen MR) is 237 cm³/mol. The van der Waals surface area contributed by atoms with E-state index in [0.717, 1.165) is 6.42 Å². The number of hydrogen-bond acceptors (Lipinski definition) is 1. The second-order valence-electron chi connectivity index (χ2n) is 14.8. The minimum atomic E-state index is 1.13. The van der Waals surface area contributed by atoms with Gasteiger partial charge in [-0.05, 0) is 113 Å². The van der Waals surface area contributed by atoms with Gasteiger partial charge in [0.1, 0.15) is 0 Å². The van der Waals surface area contributed by atoms with Crippen LogP contribution in [0.4, 0.5) is 0 Å². The molecule has 0 saturated carbocycles. The maximum Gasteiger partial charge on any atom is 0.0555 e. The van der Waals surface area contributed by atoms with Crippen molar-refractivity contribution in [3.05, 3.63) is 181 Å². The van der Waals surface area contributed by atoms with Crippen molar-refractivity contribution in [2.45, 2.75) is 26.2 Å². The average molecular weight is 723 g/mol. The molecule has 55 heavy (non-hydrogen) atoms. The van der Waals surface area contributed by atoms with Crippen LogP contribution in [0.25, 0.3) is 97.4 Å². The molecule has 0 aliphatic heterocycles. The maximum atomic E-state index is 2.50. The van der Waals surface area contributed by atoms with Gasteiger partial charge < -0.3 is 9.13 Å². The summed E-state index contributed by atoms with van der Waals surface area (Å²) < 4.78 is 7.51. The summed E-state index contributed by atoms with van der Waals surface area (Å²) in [5.41, 5.74) is 13.7. The second-order valence-corrected chi connectivity index (χ2v) is 15.9. The van der Waals surface area contributed by atoms with Crippen LogP contribution >= 0.6 is 11.3 Å². The zero-order valence-electron chi connectivity index (χ0n) is 30.7. The molecule has 0 spiro atoms. The Bertz CT molecular complexity index is 3250. The number of aryl methyl sites for hydroxylation is 1. The smallest absolute Gasteiger partial charge is 0.0555 e. The van der Waals surface area contributed by atoms with E-state index < -0.39 is 0 Å². The number of hydrogen-bond donors (Lipinski definition) is 0. The van der Waals surface area contributed by atoms with Crippen molar-refractivity contribution in [1.82, 2.24) is 9.13 Å². The fourth-order valence-corrected chi connectivity index (χ4v) is 9.99. The highest BCUT2D eigenvalue weighted by Crippen LogP contribution is 2.43. The molecule has 0 aliphatic carbocycles. The monoisotopic (exact) mass is 722 g/mol. The van der Waals surface area contributed by atoms with Crippen LogP contribution in [0, 0.1) is 0 Å². The second kappa shape index (κ2) is 12.9. The number of nitrogens with zero attached hydrogens (tertiary/aromatic N) is 2. The normalized spacial score (nSPS) is 11.9. The Balaban J connectivity index is 1.08. The molecule has 0 aliphatic rings. The van der Waals surface area contributed by atoms with Crippen LogP contribution in [0.3, 0.4) is 0 Å². The molecule has 0 radical (unpaired) electrons. The van der Waals surface area contributed by atoms with Gasteiger partial charge in [0.05, 0.1) is 27.8 Å². The molecule has 0 amide bonds. The lowest BCUT2D eigenvalue weighted by Crippen LogP contribution is -1.94. The largest absolute Gasteiger partial charge is 0.309 e. The van der Waals surface area contributed by atoms with Gasteiger partial charge >= 0.3 is 0 Å². The van der Waals surface area contributed by atoms with E-state index in [1.807, 2.05) is 11.3 Å². The van der Waals surface area contributed by atoms with Crippen molar-refractivity contribution in [2.24, 2.45) is 0 Å². The van der Waals surface area contributed by atoms with E-state index in [1.54, 1.807) is 0 Å². The van der Waals surface area contributed by atoms with Crippen molar-refractivity contribution in [1.29, 1.82) is 0 Å². The summed E-state index contributed by atoms with van der Waals surface area (Å²) >= 11 is 1.89. The third kappa shape index (κ3) is 5.15. The highest BCUT2D eigenvalue weighted by molar-refractivity contribution is 7.25. The molecule has 0 bridgehead atoms. The molecule has 8 aromatic carbocycles. The summed E-state index contributed by atoms with van der Waals surface area (Å²) in [5, 5.41) is 7.70. The third-order valence-corrected chi connectivity index (χ3v) is 12.6. The lowest BCUT2D eigenvalue weighted by Gasteiger charge is -2.11. The molecule has 262 valence electrons. The molecule has 11 aromatic rings. The van der Waals surface area contributed by atoms with Crippen molar-refractivity contribution >= 4 is 75.1 Å². The summed E-state index contributed by atoms with van der Waals surface area (Å²) in [6.45, 7) is 2.26. The van der Waals surface area contributed by atoms with E-state index in [-0.39, 0.29) is 0 Å². The molecule has 3 aromatic heterocycles. The van der Waals surface area contributed by atoms with Gasteiger partial charge in [-0.3, -0.25) is 0 Å². The standard InChI is InChI=1S/C52H38N2S/c1-2-3-13-34-14-11-15-35(30-34)38-26-29-50-44(33-38)52-49(22-12-23-51(52)55-50)54-46-21-10-8-19-41(46)43-32-37(25-28-48(43)54)36-24-27-47-42(31-36)40-18-7-9-20-45(40)53(47)39-16-5-4-6-17-39/h4-12,14-33H,2-3,13H2,1H3. The van der Waals surface area contributed by atoms with Gasteiger partial charge in [-0.2, -0.15) is 0 Å². The quantitative estimate of drug-likeness (QED) is 0.155. The van der Waals surface area contributed by atoms with Crippen LogP contribution in [0.15, 0.2) is 176 Å². The highest BCUT2D eigenvalue weighted by Gasteiger charge is 2.19. The minimum Gasteiger partial charge on any atom is -0.309 e. The first-order valence-corrected chi connectivity index (χ1v) is 20.2. The molecule has 0 saturated heterocycles. The number of benzene rings is 8. The zero-order valence-corrected chi connectivity index (χ0v) is 31.5. The molecule has 3 heterocycles. The maximum absolute atomic E-state index is 2.50. The Morgan fingerprint density at radius 2 is 1.00 bits per heavy atom. The minimum absolute atomic E-state index is 1.13. The molecule has 0 unspecified atom stereocenters. The highest BCUT2D eigenvalue weighted by atomic mass is 32.1. The fraction of sp³-hybridized carbons (Fsp3) is 0.0769. The number of unbranched alkanes of at least 4 members (excludes halogenated alkanes) is 1. The van der Waals surface area contributed by atoms with Gasteiger partial charge in [-0.15, -0.1) is 11.3 Å². The van der Waals surface area contributed by atoms with Gasteiger partial charge in [0.25, 0.3) is 0 Å². The van der Waals surface area contributed by atoms with Crippen LogP contribution in [-0.4, -0.2) is 9.13 Å². The molecule has 3 heteroatoms. The SMILES string of the molecule is CCCCc1cccc(-c2ccc3sc4cccc(-n5c6ccccc6c6cc(-c7ccc8c(c7)c7ccccc7n8-c7ccccc7)ccc65)c4c3c2)c1. The number of aromatic nitrogens is 2. The Labute approximate surface area is 324 Å². The fourth-order valence-electron chi connectivity index (χ4n) is 8.88. The van der Waals surface area contributed by atoms with Crippen molar-refractivity contribution in [3.8, 4) is 33.6 Å². The van der Waals surface area contributed by atoms with Gasteiger partial charge in [-0.1, -0.05) is 116 Å². The number of para-hydroxylation sites is 3. The predicted octanol–water partition coefficient (Wildman–Crippen LogP) is 14.9. The van der Waals surface area contributed by atoms with E-state index in [2.05, 4.69) is 192 Å². The first-order valence-electron chi connectivity index (χ1n) is 19.4. The first kappa shape index (κ1) is 32.0. The molecular weight excluding hydrogens is 685 g/mol. The first-order chi connectivity index (χ1) is 27.2. The van der Waals surface area contributed by atoms with Crippen LogP contribution in [-0.2, 0) is 6.42 Å². The Morgan fingerprint density at radius 1 is 0.418 bits per heavy atom. The van der Waals surface area contributed by atoms with Crippen LogP contribution < -0.4 is 0 Å². The van der Waals surface area contributed by atoms with Crippen molar-refractivity contribution in [3.63, 3.8) is 0 Å². The zero-order chi connectivity index (χ0) is 36.5. The summed E-state index contributed by atoms with van der Waals surface area (Å²) in [6.07, 6.45) is 3.55. The number of thiophene rings is 1. The summed E-state index contributed by atoms with van der Waals surface area (Å²) in [6, 6.07) is 65.4. The molecular formula is C52H38N2S. The van der Waals surface area contributed by atoms with Crippen molar-refractivity contribution in [2.75, 3.05) is 0 Å². The van der Waals surface area contributed by atoms with Crippen LogP contribution in [0.5, 0.6) is 0 Å². The molecule has 11 rings (SSSR count). The van der Waals surface area contributed by atoms with E-state index in [1.165, 1.54) is 116 Å². The van der Waals surface area contributed by atoms with E-state index in [4.69, 9.17) is 0 Å². The van der Waals surface area contributed by atoms with Crippen molar-refractivity contribution < 1.29 is 0 Å². The lowest BCUT2D eigenvalue weighted by atomic mass is 9.99. The Kier molecular flexibility index (Phi) is 7.50. The lowest BCUT2D eigenvalue weighted by molar-refractivity contribution is 0.795.